The Morgan fingerprint density at radius 1 is 1.04 bits per heavy atom. The first-order valence-corrected chi connectivity index (χ1v) is 10.2. The second-order valence-electron chi connectivity index (χ2n) is 7.97. The number of fused-ring (bicyclic) bond motifs is 3. The number of hydrogen-bond acceptors (Lipinski definition) is 5. The highest BCUT2D eigenvalue weighted by molar-refractivity contribution is 7.21. The van der Waals surface area contributed by atoms with Gasteiger partial charge in [0.15, 0.2) is 5.43 Å². The Kier molecular flexibility index (Phi) is 3.76. The largest absolute Gasteiger partial charge is 0.371 e. The van der Waals surface area contributed by atoms with Gasteiger partial charge in [-0.2, -0.15) is 0 Å². The van der Waals surface area contributed by atoms with Crippen molar-refractivity contribution in [1.82, 2.24) is 9.88 Å². The molecule has 5 rings (SSSR count). The van der Waals surface area contributed by atoms with Gasteiger partial charge in [-0.15, -0.1) is 11.3 Å². The van der Waals surface area contributed by atoms with Crippen LogP contribution in [0, 0.1) is 11.8 Å². The minimum absolute atomic E-state index is 0.0492. The smallest absolute Gasteiger partial charge is 0.180 e. The SMILES string of the molecule is CC(C)N1C[C@H]2CN(c3ccc4nc5ccc(=O)cc-5sc4c3)C[C@H]2C1. The zero-order valence-electron chi connectivity index (χ0n) is 15.2. The lowest BCUT2D eigenvalue weighted by Gasteiger charge is -2.25. The van der Waals surface area contributed by atoms with Crippen LogP contribution < -0.4 is 10.3 Å². The molecule has 4 aliphatic rings. The minimum atomic E-state index is 0.0492. The Hall–Kier alpha value is -1.98. The zero-order valence-corrected chi connectivity index (χ0v) is 16.0. The van der Waals surface area contributed by atoms with E-state index in [0.29, 0.717) is 6.04 Å². The van der Waals surface area contributed by atoms with Crippen molar-refractivity contribution in [2.45, 2.75) is 19.9 Å². The molecule has 0 aromatic heterocycles. The molecule has 3 heterocycles. The Bertz CT molecular complexity index is 984. The van der Waals surface area contributed by atoms with Crippen LogP contribution in [0.1, 0.15) is 13.8 Å². The summed E-state index contributed by atoms with van der Waals surface area (Å²) in [6.45, 7) is 9.36. The van der Waals surface area contributed by atoms with Gasteiger partial charge in [-0.1, -0.05) is 0 Å². The van der Waals surface area contributed by atoms with Crippen LogP contribution in [0.5, 0.6) is 0 Å². The molecule has 5 heteroatoms. The Labute approximate surface area is 157 Å². The number of aromatic nitrogens is 1. The lowest BCUT2D eigenvalue weighted by molar-refractivity contribution is 0.258. The summed E-state index contributed by atoms with van der Waals surface area (Å²) in [5.41, 5.74) is 3.25. The van der Waals surface area contributed by atoms with Gasteiger partial charge >= 0.3 is 0 Å². The number of hydrogen-bond donors (Lipinski definition) is 0. The highest BCUT2D eigenvalue weighted by Crippen LogP contribution is 2.37. The third kappa shape index (κ3) is 2.70. The second-order valence-corrected chi connectivity index (χ2v) is 9.05. The number of rotatable bonds is 2. The summed E-state index contributed by atoms with van der Waals surface area (Å²) in [4.78, 5) is 22.5. The van der Waals surface area contributed by atoms with Crippen molar-refractivity contribution in [3.05, 3.63) is 46.6 Å². The van der Waals surface area contributed by atoms with E-state index in [9.17, 15) is 4.79 Å². The molecule has 0 bridgehead atoms. The molecule has 1 aromatic carbocycles. The van der Waals surface area contributed by atoms with E-state index in [2.05, 4.69) is 41.8 Å². The van der Waals surface area contributed by atoms with Crippen molar-refractivity contribution in [3.8, 4) is 10.6 Å². The fourth-order valence-electron chi connectivity index (χ4n) is 4.45. The summed E-state index contributed by atoms with van der Waals surface area (Å²) in [5.74, 6) is 1.57. The summed E-state index contributed by atoms with van der Waals surface area (Å²) in [5, 5.41) is 0. The molecule has 0 saturated carbocycles. The first-order chi connectivity index (χ1) is 12.6. The van der Waals surface area contributed by atoms with Crippen molar-refractivity contribution in [3.63, 3.8) is 0 Å². The van der Waals surface area contributed by atoms with Crippen molar-refractivity contribution < 1.29 is 0 Å². The topological polar surface area (TPSA) is 36.4 Å². The monoisotopic (exact) mass is 365 g/mol. The summed E-state index contributed by atoms with van der Waals surface area (Å²) in [6.07, 6.45) is 0. The molecule has 4 nitrogen and oxygen atoms in total. The minimum Gasteiger partial charge on any atom is -0.371 e. The molecular weight excluding hydrogens is 342 g/mol. The summed E-state index contributed by atoms with van der Waals surface area (Å²) in [6, 6.07) is 12.3. The van der Waals surface area contributed by atoms with Gasteiger partial charge in [-0.05, 0) is 56.0 Å². The van der Waals surface area contributed by atoms with Crippen LogP contribution in [0.3, 0.4) is 0 Å². The summed E-state index contributed by atoms with van der Waals surface area (Å²) < 4.78 is 1.15. The van der Waals surface area contributed by atoms with E-state index >= 15 is 0 Å². The number of anilines is 1. The van der Waals surface area contributed by atoms with E-state index in [1.165, 1.54) is 18.8 Å². The third-order valence-electron chi connectivity index (χ3n) is 5.95. The molecule has 2 saturated heterocycles. The van der Waals surface area contributed by atoms with Crippen molar-refractivity contribution >= 4 is 27.2 Å². The molecular formula is C21H23N3OS. The molecule has 1 aliphatic carbocycles. The molecule has 0 spiro atoms. The fourth-order valence-corrected chi connectivity index (χ4v) is 5.48. The van der Waals surface area contributed by atoms with Crippen molar-refractivity contribution in [1.29, 1.82) is 0 Å². The number of nitrogens with zero attached hydrogens (tertiary/aromatic N) is 3. The molecule has 2 fully saturated rings. The molecule has 0 radical (unpaired) electrons. The van der Waals surface area contributed by atoms with Crippen LogP contribution in [0.15, 0.2) is 41.2 Å². The van der Waals surface area contributed by atoms with Gasteiger partial charge in [-0.3, -0.25) is 4.79 Å². The van der Waals surface area contributed by atoms with E-state index in [1.54, 1.807) is 23.5 Å². The van der Waals surface area contributed by atoms with Gasteiger partial charge in [0, 0.05) is 44.0 Å². The zero-order chi connectivity index (χ0) is 17.8. The third-order valence-corrected chi connectivity index (χ3v) is 7.04. The summed E-state index contributed by atoms with van der Waals surface area (Å²) in [7, 11) is 0. The van der Waals surface area contributed by atoms with Gasteiger partial charge in [0.1, 0.15) is 0 Å². The molecule has 0 unspecified atom stereocenters. The average Bonchev–Trinajstić information content (AvgIpc) is 3.18. The van der Waals surface area contributed by atoms with E-state index in [4.69, 9.17) is 4.98 Å². The van der Waals surface area contributed by atoms with Crippen molar-refractivity contribution in [2.75, 3.05) is 31.1 Å². The Morgan fingerprint density at radius 3 is 2.54 bits per heavy atom. The van der Waals surface area contributed by atoms with Gasteiger partial charge in [-0.25, -0.2) is 4.98 Å². The predicted molar refractivity (Wildman–Crippen MR) is 108 cm³/mol. The van der Waals surface area contributed by atoms with Gasteiger partial charge < -0.3 is 9.80 Å². The molecule has 3 aliphatic heterocycles. The van der Waals surface area contributed by atoms with E-state index < -0.39 is 0 Å². The second kappa shape index (κ2) is 6.03. The normalized spacial score (nSPS) is 23.4. The molecule has 26 heavy (non-hydrogen) atoms. The fraction of sp³-hybridized carbons (Fsp3) is 0.429. The lowest BCUT2D eigenvalue weighted by Crippen LogP contribution is -2.33. The van der Waals surface area contributed by atoms with Crippen LogP contribution in [-0.4, -0.2) is 42.1 Å². The van der Waals surface area contributed by atoms with E-state index in [1.807, 2.05) is 6.07 Å². The van der Waals surface area contributed by atoms with Crippen LogP contribution >= 0.6 is 11.3 Å². The molecule has 134 valence electrons. The van der Waals surface area contributed by atoms with E-state index in [0.717, 1.165) is 45.7 Å². The first kappa shape index (κ1) is 16.2. The van der Waals surface area contributed by atoms with Gasteiger partial charge in [0.25, 0.3) is 0 Å². The number of benzene rings is 2. The van der Waals surface area contributed by atoms with Crippen molar-refractivity contribution in [2.24, 2.45) is 11.8 Å². The highest BCUT2D eigenvalue weighted by atomic mass is 32.1. The molecule has 0 N–H and O–H groups in total. The van der Waals surface area contributed by atoms with Crippen LogP contribution in [0.25, 0.3) is 20.8 Å². The van der Waals surface area contributed by atoms with Crippen LogP contribution in [0.4, 0.5) is 5.69 Å². The maximum absolute atomic E-state index is 11.6. The Morgan fingerprint density at radius 2 is 1.81 bits per heavy atom. The quantitative estimate of drug-likeness (QED) is 0.651. The van der Waals surface area contributed by atoms with Crippen LogP contribution in [0.2, 0.25) is 0 Å². The Balaban J connectivity index is 1.45. The summed E-state index contributed by atoms with van der Waals surface area (Å²) >= 11 is 1.67. The molecule has 2 atom stereocenters. The maximum Gasteiger partial charge on any atom is 0.180 e. The molecule has 1 aromatic rings. The standard InChI is InChI=1S/C21H23N3OS/c1-13(2)23-9-14-11-24(12-15(14)10-23)16-3-5-18-20(7-16)26-21-8-17(25)4-6-19(21)22-18/h3-8,13-15H,9-12H2,1-2H3/t14-,15+. The van der Waals surface area contributed by atoms with Crippen LogP contribution in [-0.2, 0) is 0 Å². The highest BCUT2D eigenvalue weighted by Gasteiger charge is 2.40. The first-order valence-electron chi connectivity index (χ1n) is 9.40. The van der Waals surface area contributed by atoms with E-state index in [-0.39, 0.29) is 5.43 Å². The average molecular weight is 366 g/mol. The number of likely N-dealkylation sites (tertiary alicyclic amines) is 1. The lowest BCUT2D eigenvalue weighted by atomic mass is 10.0. The predicted octanol–water partition coefficient (Wildman–Crippen LogP) is 3.54. The molecule has 0 amide bonds. The maximum atomic E-state index is 11.6. The van der Waals surface area contributed by atoms with Gasteiger partial charge in [0.2, 0.25) is 0 Å². The van der Waals surface area contributed by atoms with Gasteiger partial charge in [0.05, 0.1) is 20.8 Å².